The van der Waals surface area contributed by atoms with E-state index in [0.29, 0.717) is 19.6 Å². The highest BCUT2D eigenvalue weighted by atomic mass is 16.5. The number of amides is 3. The predicted molar refractivity (Wildman–Crippen MR) is 204 cm³/mol. The molecule has 5 aromatic rings. The molecule has 1 fully saturated rings. The molecule has 3 N–H and O–H groups in total. The fraction of sp³-hybridized carbons (Fsp3) is 0.439. The van der Waals surface area contributed by atoms with Crippen molar-refractivity contribution in [1.82, 2.24) is 35.1 Å². The second-order valence-corrected chi connectivity index (χ2v) is 14.7. The summed E-state index contributed by atoms with van der Waals surface area (Å²) >= 11 is 0. The molecule has 3 amide bonds. The van der Waals surface area contributed by atoms with E-state index in [-0.39, 0.29) is 35.9 Å². The number of ether oxygens (including phenoxy) is 2. The van der Waals surface area contributed by atoms with Gasteiger partial charge in [-0.25, -0.2) is 14.8 Å². The minimum Gasteiger partial charge on any atom is -0.488 e. The first-order valence-corrected chi connectivity index (χ1v) is 18.7. The summed E-state index contributed by atoms with van der Waals surface area (Å²) in [6, 6.07) is 13.7. The molecule has 2 aliphatic rings. The number of fused-ring (bicyclic) bond motifs is 6. The van der Waals surface area contributed by atoms with Crippen molar-refractivity contribution in [1.29, 1.82) is 0 Å². The molecule has 0 spiro atoms. The Morgan fingerprint density at radius 2 is 1.89 bits per heavy atom. The summed E-state index contributed by atoms with van der Waals surface area (Å²) in [6.45, 7) is 13.1. The van der Waals surface area contributed by atoms with Crippen molar-refractivity contribution in [2.45, 2.75) is 98.0 Å². The minimum atomic E-state index is -0.726. The van der Waals surface area contributed by atoms with E-state index in [1.807, 2.05) is 35.9 Å². The van der Waals surface area contributed by atoms with Crippen LogP contribution < -0.4 is 10.1 Å². The maximum absolute atomic E-state index is 13.4. The van der Waals surface area contributed by atoms with E-state index in [1.54, 1.807) is 6.92 Å². The Bertz CT molecular complexity index is 2190. The van der Waals surface area contributed by atoms with E-state index >= 15 is 0 Å². The summed E-state index contributed by atoms with van der Waals surface area (Å²) in [5.74, 6) is 2.56. The number of methoxy groups -OCH3 is 1. The van der Waals surface area contributed by atoms with Crippen LogP contribution >= 0.6 is 0 Å². The molecule has 0 saturated carbocycles. The van der Waals surface area contributed by atoms with Gasteiger partial charge in [-0.3, -0.25) is 9.59 Å². The van der Waals surface area contributed by atoms with Crippen LogP contribution in [0.2, 0.25) is 0 Å². The van der Waals surface area contributed by atoms with Gasteiger partial charge in [0.05, 0.1) is 42.1 Å². The third-order valence-corrected chi connectivity index (χ3v) is 10.9. The number of rotatable bonds is 10. The lowest BCUT2D eigenvalue weighted by Gasteiger charge is -2.33. The SMILES string of the molecule is CCCC(=O)N([C@@H](C)CC)[C@@H](C)c1ncc(-c2ccc3c(c2)COc2cc4c(ccc5nc([C@@H]6C[C@H](C)CN6C(=O)[C@H](C)NC(=O)OC)[nH]c54)cc2-3)[nH]1. The zero-order chi connectivity index (χ0) is 37.6. The number of alkyl carbamates (subject to hydrolysis) is 1. The van der Waals surface area contributed by atoms with Gasteiger partial charge in [-0.1, -0.05) is 39.0 Å². The normalized spacial score (nSPS) is 18.2. The molecular formula is C41H49N7O5. The Morgan fingerprint density at radius 1 is 1.08 bits per heavy atom. The number of carbonyl (C=O) groups is 3. The van der Waals surface area contributed by atoms with E-state index in [2.05, 4.69) is 72.5 Å². The monoisotopic (exact) mass is 719 g/mol. The Morgan fingerprint density at radius 3 is 2.64 bits per heavy atom. The third-order valence-electron chi connectivity index (χ3n) is 10.9. The van der Waals surface area contributed by atoms with Crippen molar-refractivity contribution in [2.24, 2.45) is 5.92 Å². The Hall–Kier alpha value is -5.39. The first-order valence-electron chi connectivity index (χ1n) is 18.7. The average Bonchev–Trinajstić information content (AvgIpc) is 3.92. The van der Waals surface area contributed by atoms with Gasteiger partial charge >= 0.3 is 6.09 Å². The number of nitrogens with one attached hydrogen (secondary N) is 3. The van der Waals surface area contributed by atoms with Crippen LogP contribution in [0.15, 0.2) is 48.7 Å². The molecule has 0 bridgehead atoms. The lowest BCUT2D eigenvalue weighted by atomic mass is 9.92. The van der Waals surface area contributed by atoms with Gasteiger partial charge in [0.2, 0.25) is 11.8 Å². The molecule has 278 valence electrons. The van der Waals surface area contributed by atoms with Crippen molar-refractivity contribution in [2.75, 3.05) is 13.7 Å². The van der Waals surface area contributed by atoms with Gasteiger partial charge in [0.15, 0.2) is 0 Å². The molecule has 12 heteroatoms. The van der Waals surface area contributed by atoms with Crippen LogP contribution in [-0.4, -0.2) is 73.4 Å². The molecular weight excluding hydrogens is 670 g/mol. The maximum Gasteiger partial charge on any atom is 0.407 e. The van der Waals surface area contributed by atoms with Crippen molar-refractivity contribution >= 4 is 39.7 Å². The number of likely N-dealkylation sites (tertiary alicyclic amines) is 1. The molecule has 53 heavy (non-hydrogen) atoms. The number of hydrogen-bond donors (Lipinski definition) is 3. The number of imidazole rings is 2. The molecule has 1 saturated heterocycles. The first kappa shape index (κ1) is 36.0. The fourth-order valence-corrected chi connectivity index (χ4v) is 7.94. The molecule has 0 radical (unpaired) electrons. The molecule has 3 aromatic carbocycles. The number of aromatic amines is 2. The number of carbonyl (C=O) groups excluding carboxylic acids is 3. The summed E-state index contributed by atoms with van der Waals surface area (Å²) in [4.78, 5) is 58.8. The van der Waals surface area contributed by atoms with Gasteiger partial charge in [-0.05, 0) is 92.3 Å². The van der Waals surface area contributed by atoms with E-state index in [1.165, 1.54) is 7.11 Å². The zero-order valence-electron chi connectivity index (χ0n) is 31.6. The van der Waals surface area contributed by atoms with Gasteiger partial charge < -0.3 is 34.6 Å². The summed E-state index contributed by atoms with van der Waals surface area (Å²) in [7, 11) is 1.28. The Kier molecular flexibility index (Phi) is 9.89. The fourth-order valence-electron chi connectivity index (χ4n) is 7.94. The van der Waals surface area contributed by atoms with Crippen molar-refractivity contribution in [3.05, 3.63) is 65.9 Å². The van der Waals surface area contributed by atoms with Gasteiger partial charge in [0, 0.05) is 30.0 Å². The van der Waals surface area contributed by atoms with Gasteiger partial charge in [0.25, 0.3) is 0 Å². The van der Waals surface area contributed by atoms with Gasteiger partial charge in [-0.15, -0.1) is 0 Å². The van der Waals surface area contributed by atoms with E-state index in [4.69, 9.17) is 19.4 Å². The largest absolute Gasteiger partial charge is 0.488 e. The molecule has 12 nitrogen and oxygen atoms in total. The third kappa shape index (κ3) is 6.71. The van der Waals surface area contributed by atoms with Crippen LogP contribution in [0.5, 0.6) is 5.75 Å². The Labute approximate surface area is 309 Å². The highest BCUT2D eigenvalue weighted by Gasteiger charge is 2.38. The highest BCUT2D eigenvalue weighted by Crippen LogP contribution is 2.43. The predicted octanol–water partition coefficient (Wildman–Crippen LogP) is 7.81. The molecule has 4 heterocycles. The smallest absolute Gasteiger partial charge is 0.407 e. The minimum absolute atomic E-state index is 0.116. The van der Waals surface area contributed by atoms with E-state index < -0.39 is 12.1 Å². The summed E-state index contributed by atoms with van der Waals surface area (Å²) in [6.07, 6.45) is 4.19. The number of hydrogen-bond acceptors (Lipinski definition) is 7. The number of benzene rings is 3. The summed E-state index contributed by atoms with van der Waals surface area (Å²) < 4.78 is 11.1. The van der Waals surface area contributed by atoms with Crippen LogP contribution in [0.4, 0.5) is 4.79 Å². The summed E-state index contributed by atoms with van der Waals surface area (Å²) in [5, 5.41) is 4.64. The lowest BCUT2D eigenvalue weighted by molar-refractivity contribution is -0.136. The molecule has 0 aliphatic carbocycles. The van der Waals surface area contributed by atoms with Crippen LogP contribution in [0, 0.1) is 5.92 Å². The van der Waals surface area contributed by atoms with Crippen LogP contribution in [-0.2, 0) is 20.9 Å². The standard InChI is InChI=1S/C41H49N7O5/c1-8-10-36(49)48(23(4)9-2)25(6)38-42-19-33(45-38)27-11-13-29-28(16-27)21-53-35-18-30-26(17-31(29)35)12-14-32-37(30)46-39(44-32)34-15-22(3)20-47(34)40(50)24(5)43-41(51)52-7/h11-14,16-19,22-25,34H,8-10,15,20-21H2,1-7H3,(H,42,45)(H,43,51)(H,44,46)/t22-,23-,24-,25-,34-/m0/s1. The second kappa shape index (κ2) is 14.6. The van der Waals surface area contributed by atoms with E-state index in [0.717, 1.165) is 86.4 Å². The van der Waals surface area contributed by atoms with E-state index in [9.17, 15) is 14.4 Å². The number of nitrogens with zero attached hydrogens (tertiary/aromatic N) is 4. The zero-order valence-corrected chi connectivity index (χ0v) is 31.6. The van der Waals surface area contributed by atoms with Crippen molar-refractivity contribution < 1.29 is 23.9 Å². The highest BCUT2D eigenvalue weighted by molar-refractivity contribution is 6.07. The lowest BCUT2D eigenvalue weighted by Crippen LogP contribution is -2.46. The quantitative estimate of drug-likeness (QED) is 0.134. The number of aromatic nitrogens is 4. The van der Waals surface area contributed by atoms with Crippen molar-refractivity contribution in [3.8, 4) is 28.1 Å². The summed E-state index contributed by atoms with van der Waals surface area (Å²) in [5.41, 5.74) is 6.84. The van der Waals surface area contributed by atoms with Crippen molar-refractivity contribution in [3.63, 3.8) is 0 Å². The molecule has 5 atom stereocenters. The second-order valence-electron chi connectivity index (χ2n) is 14.7. The van der Waals surface area contributed by atoms with Gasteiger partial charge in [-0.2, -0.15) is 0 Å². The molecule has 0 unspecified atom stereocenters. The van der Waals surface area contributed by atoms with Crippen LogP contribution in [0.25, 0.3) is 44.2 Å². The van der Waals surface area contributed by atoms with Gasteiger partial charge in [0.1, 0.15) is 30.0 Å². The topological polar surface area (TPSA) is 146 Å². The average molecular weight is 720 g/mol. The maximum atomic E-state index is 13.4. The number of H-pyrrole nitrogens is 2. The Balaban J connectivity index is 1.16. The molecule has 7 rings (SSSR count). The van der Waals surface area contributed by atoms with Crippen LogP contribution in [0.3, 0.4) is 0 Å². The van der Waals surface area contributed by atoms with Crippen LogP contribution in [0.1, 0.15) is 96.5 Å². The first-order chi connectivity index (χ1) is 25.5. The molecule has 2 aromatic heterocycles. The molecule has 2 aliphatic heterocycles.